The van der Waals surface area contributed by atoms with Gasteiger partial charge in [0, 0.05) is 42.4 Å². The fourth-order valence-corrected chi connectivity index (χ4v) is 2.93. The Balaban J connectivity index is 1.85. The third kappa shape index (κ3) is 6.62. The minimum absolute atomic E-state index is 0.0163. The second-order valence-corrected chi connectivity index (χ2v) is 7.45. The van der Waals surface area contributed by atoms with Crippen molar-refractivity contribution in [2.24, 2.45) is 0 Å². The van der Waals surface area contributed by atoms with Gasteiger partial charge in [-0.05, 0) is 38.4 Å². The number of amides is 2. The second kappa shape index (κ2) is 10.9. The summed E-state index contributed by atoms with van der Waals surface area (Å²) in [5.74, 6) is -0.196. The Labute approximate surface area is 190 Å². The van der Waals surface area contributed by atoms with E-state index in [0.717, 1.165) is 0 Å². The first-order valence-corrected chi connectivity index (χ1v) is 10.2. The van der Waals surface area contributed by atoms with Crippen LogP contribution in [0.25, 0.3) is 17.4 Å². The number of nitro benzene ring substituents is 1. The van der Waals surface area contributed by atoms with E-state index in [-0.39, 0.29) is 11.4 Å². The molecule has 1 aromatic heterocycles. The SMILES string of the molecule is CN(C)CCNC(=O)/C(=C\c1ccc(-c2cccc([N+](=O)[O-])c2)o1)NC(=O)c1ccccc1. The van der Waals surface area contributed by atoms with Crippen LogP contribution in [-0.2, 0) is 4.79 Å². The number of nitro groups is 1. The highest BCUT2D eigenvalue weighted by molar-refractivity contribution is 6.05. The first-order valence-electron chi connectivity index (χ1n) is 10.2. The van der Waals surface area contributed by atoms with Gasteiger partial charge in [0.2, 0.25) is 0 Å². The quantitative estimate of drug-likeness (QED) is 0.295. The van der Waals surface area contributed by atoms with E-state index >= 15 is 0 Å². The van der Waals surface area contributed by atoms with Crippen LogP contribution in [-0.4, -0.2) is 48.8 Å². The molecule has 0 saturated carbocycles. The normalized spacial score (nSPS) is 11.3. The Kier molecular flexibility index (Phi) is 7.72. The zero-order valence-electron chi connectivity index (χ0n) is 18.3. The fraction of sp³-hybridized carbons (Fsp3) is 0.167. The number of carbonyl (C=O) groups is 2. The molecule has 0 aliphatic carbocycles. The van der Waals surface area contributed by atoms with Crippen LogP contribution in [0.2, 0.25) is 0 Å². The Morgan fingerprint density at radius 3 is 2.52 bits per heavy atom. The topological polar surface area (TPSA) is 118 Å². The second-order valence-electron chi connectivity index (χ2n) is 7.45. The average molecular weight is 448 g/mol. The number of non-ortho nitro benzene ring substituents is 1. The molecule has 2 aromatic carbocycles. The first-order chi connectivity index (χ1) is 15.8. The maximum Gasteiger partial charge on any atom is 0.270 e. The maximum atomic E-state index is 12.8. The molecule has 9 heteroatoms. The molecule has 0 aliphatic rings. The van der Waals surface area contributed by atoms with E-state index in [0.29, 0.717) is 35.7 Å². The number of hydrogen-bond donors (Lipinski definition) is 2. The summed E-state index contributed by atoms with van der Waals surface area (Å²) in [5.41, 5.74) is 0.884. The van der Waals surface area contributed by atoms with Crippen molar-refractivity contribution < 1.29 is 18.9 Å². The van der Waals surface area contributed by atoms with Crippen molar-refractivity contribution in [3.8, 4) is 11.3 Å². The van der Waals surface area contributed by atoms with Gasteiger partial charge in [0.1, 0.15) is 17.2 Å². The molecule has 2 N–H and O–H groups in total. The van der Waals surface area contributed by atoms with E-state index in [2.05, 4.69) is 10.6 Å². The van der Waals surface area contributed by atoms with E-state index < -0.39 is 16.7 Å². The molecule has 0 aliphatic heterocycles. The predicted molar refractivity (Wildman–Crippen MR) is 124 cm³/mol. The lowest BCUT2D eigenvalue weighted by Gasteiger charge is -2.13. The van der Waals surface area contributed by atoms with Gasteiger partial charge in [-0.15, -0.1) is 0 Å². The fourth-order valence-electron chi connectivity index (χ4n) is 2.93. The number of furan rings is 1. The largest absolute Gasteiger partial charge is 0.457 e. The van der Waals surface area contributed by atoms with Crippen molar-refractivity contribution in [3.63, 3.8) is 0 Å². The zero-order chi connectivity index (χ0) is 23.8. The van der Waals surface area contributed by atoms with Gasteiger partial charge >= 0.3 is 0 Å². The first kappa shape index (κ1) is 23.4. The summed E-state index contributed by atoms with van der Waals surface area (Å²) >= 11 is 0. The van der Waals surface area contributed by atoms with E-state index in [1.165, 1.54) is 18.2 Å². The van der Waals surface area contributed by atoms with Gasteiger partial charge in [0.15, 0.2) is 0 Å². The van der Waals surface area contributed by atoms with Gasteiger partial charge in [-0.1, -0.05) is 30.3 Å². The standard InChI is InChI=1S/C24H24N4O5/c1-27(2)14-13-25-24(30)21(26-23(29)17-7-4-3-5-8-17)16-20-11-12-22(33-20)18-9-6-10-19(15-18)28(31)32/h3-12,15-16H,13-14H2,1-2H3,(H,25,30)(H,26,29)/b21-16+. The molecule has 1 heterocycles. The highest BCUT2D eigenvalue weighted by Gasteiger charge is 2.16. The van der Waals surface area contributed by atoms with Gasteiger partial charge in [-0.25, -0.2) is 0 Å². The van der Waals surface area contributed by atoms with E-state index in [4.69, 9.17) is 4.42 Å². The van der Waals surface area contributed by atoms with Crippen molar-refractivity contribution in [2.75, 3.05) is 27.2 Å². The smallest absolute Gasteiger partial charge is 0.270 e. The van der Waals surface area contributed by atoms with Crippen LogP contribution in [0.3, 0.4) is 0 Å². The molecule has 0 fully saturated rings. The molecule has 0 unspecified atom stereocenters. The van der Waals surface area contributed by atoms with Crippen LogP contribution < -0.4 is 10.6 Å². The summed E-state index contributed by atoms with van der Waals surface area (Å²) in [6.07, 6.45) is 1.42. The van der Waals surface area contributed by atoms with E-state index in [9.17, 15) is 19.7 Å². The highest BCUT2D eigenvalue weighted by Crippen LogP contribution is 2.26. The lowest BCUT2D eigenvalue weighted by Crippen LogP contribution is -2.37. The molecule has 0 radical (unpaired) electrons. The number of rotatable bonds is 9. The minimum Gasteiger partial charge on any atom is -0.457 e. The van der Waals surface area contributed by atoms with Crippen LogP contribution in [0.4, 0.5) is 5.69 Å². The lowest BCUT2D eigenvalue weighted by molar-refractivity contribution is -0.384. The number of nitrogens with zero attached hydrogens (tertiary/aromatic N) is 2. The van der Waals surface area contributed by atoms with Gasteiger partial charge in [0.05, 0.1) is 4.92 Å². The molecule has 3 aromatic rings. The zero-order valence-corrected chi connectivity index (χ0v) is 18.3. The monoisotopic (exact) mass is 448 g/mol. The number of hydrogen-bond acceptors (Lipinski definition) is 6. The van der Waals surface area contributed by atoms with Gasteiger partial charge in [-0.2, -0.15) is 0 Å². The third-order valence-corrected chi connectivity index (χ3v) is 4.63. The van der Waals surface area contributed by atoms with Gasteiger partial charge < -0.3 is 20.0 Å². The third-order valence-electron chi connectivity index (χ3n) is 4.63. The van der Waals surface area contributed by atoms with Crippen molar-refractivity contribution in [1.29, 1.82) is 0 Å². The summed E-state index contributed by atoms with van der Waals surface area (Å²) in [5, 5.41) is 16.4. The molecule has 3 rings (SSSR count). The van der Waals surface area contributed by atoms with Crippen LogP contribution in [0.15, 0.2) is 76.8 Å². The number of benzene rings is 2. The van der Waals surface area contributed by atoms with Crippen molar-refractivity contribution in [1.82, 2.24) is 15.5 Å². The summed E-state index contributed by atoms with van der Waals surface area (Å²) in [4.78, 5) is 37.9. The Morgan fingerprint density at radius 2 is 1.82 bits per heavy atom. The summed E-state index contributed by atoms with van der Waals surface area (Å²) in [6, 6.07) is 17.8. The molecule has 0 saturated heterocycles. The van der Waals surface area contributed by atoms with Crippen molar-refractivity contribution in [2.45, 2.75) is 0 Å². The van der Waals surface area contributed by atoms with E-state index in [1.54, 1.807) is 54.6 Å². The highest BCUT2D eigenvalue weighted by atomic mass is 16.6. The van der Waals surface area contributed by atoms with Crippen LogP contribution in [0.1, 0.15) is 16.1 Å². The average Bonchev–Trinajstić information content (AvgIpc) is 3.27. The van der Waals surface area contributed by atoms with Crippen LogP contribution in [0, 0.1) is 10.1 Å². The Morgan fingerprint density at radius 1 is 1.06 bits per heavy atom. The molecule has 33 heavy (non-hydrogen) atoms. The Bertz CT molecular complexity index is 1170. The Hall–Kier alpha value is -4.24. The molecule has 9 nitrogen and oxygen atoms in total. The number of likely N-dealkylation sites (N-methyl/N-ethyl adjacent to an activating group) is 1. The van der Waals surface area contributed by atoms with Gasteiger partial charge in [-0.3, -0.25) is 19.7 Å². The maximum absolute atomic E-state index is 12.8. The minimum atomic E-state index is -0.484. The predicted octanol–water partition coefficient (Wildman–Crippen LogP) is 3.30. The van der Waals surface area contributed by atoms with Gasteiger partial charge in [0.25, 0.3) is 17.5 Å². The summed E-state index contributed by atoms with van der Waals surface area (Å²) in [6.45, 7) is 1.02. The molecular weight excluding hydrogens is 424 g/mol. The van der Waals surface area contributed by atoms with Crippen LogP contribution >= 0.6 is 0 Å². The lowest BCUT2D eigenvalue weighted by atomic mass is 10.1. The van der Waals surface area contributed by atoms with Crippen molar-refractivity contribution >= 4 is 23.6 Å². The van der Waals surface area contributed by atoms with Crippen molar-refractivity contribution in [3.05, 3.63) is 93.9 Å². The van der Waals surface area contributed by atoms with Crippen LogP contribution in [0.5, 0.6) is 0 Å². The molecule has 170 valence electrons. The summed E-state index contributed by atoms with van der Waals surface area (Å²) in [7, 11) is 3.77. The molecule has 0 atom stereocenters. The summed E-state index contributed by atoms with van der Waals surface area (Å²) < 4.78 is 5.78. The molecule has 0 bridgehead atoms. The molecule has 2 amide bonds. The number of nitrogens with one attached hydrogen (secondary N) is 2. The van der Waals surface area contributed by atoms with E-state index in [1.807, 2.05) is 19.0 Å². The molecule has 0 spiro atoms. The molecular formula is C24H24N4O5. The number of carbonyl (C=O) groups excluding carboxylic acids is 2.